The molecule has 1 saturated carbocycles. The molecule has 0 aliphatic heterocycles. The fraction of sp³-hybridized carbons (Fsp3) is 0.444. The van der Waals surface area contributed by atoms with E-state index in [1.165, 1.54) is 0 Å². The van der Waals surface area contributed by atoms with Crippen LogP contribution in [-0.4, -0.2) is 39.6 Å². The summed E-state index contributed by atoms with van der Waals surface area (Å²) >= 11 is 0. The van der Waals surface area contributed by atoms with E-state index < -0.39 is 11.6 Å². The summed E-state index contributed by atoms with van der Waals surface area (Å²) in [6.45, 7) is 3.06. The maximum Gasteiger partial charge on any atom is 0.359 e. The lowest BCUT2D eigenvalue weighted by Crippen LogP contribution is -2.46. The van der Waals surface area contributed by atoms with Crippen LogP contribution in [0.2, 0.25) is 0 Å². The van der Waals surface area contributed by atoms with E-state index in [1.807, 2.05) is 36.5 Å². The molecule has 3 rings (SSSR count). The molecular weight excluding hydrogens is 306 g/mol. The minimum absolute atomic E-state index is 0.309. The van der Waals surface area contributed by atoms with Crippen LogP contribution in [0.5, 0.6) is 0 Å². The molecule has 0 saturated heterocycles. The maximum atomic E-state index is 12.2. The lowest BCUT2D eigenvalue weighted by atomic mass is 9.80. The summed E-state index contributed by atoms with van der Waals surface area (Å²) in [6.07, 6.45) is 4.56. The van der Waals surface area contributed by atoms with E-state index in [1.54, 1.807) is 11.6 Å². The van der Waals surface area contributed by atoms with Crippen LogP contribution in [0.4, 0.5) is 0 Å². The Labute approximate surface area is 141 Å². The third-order valence-corrected chi connectivity index (χ3v) is 4.33. The number of carbonyl (C=O) groups is 1. The van der Waals surface area contributed by atoms with Crippen LogP contribution in [0, 0.1) is 0 Å². The van der Waals surface area contributed by atoms with Gasteiger partial charge in [-0.2, -0.15) is 5.10 Å². The number of aliphatic hydroxyl groups is 1. The molecule has 1 aromatic heterocycles. The monoisotopic (exact) mass is 329 g/mol. The average Bonchev–Trinajstić information content (AvgIpc) is 2.99. The number of ether oxygens (including phenoxy) is 1. The van der Waals surface area contributed by atoms with Gasteiger partial charge in [-0.25, -0.2) is 9.48 Å². The molecule has 2 aromatic rings. The number of carbonyl (C=O) groups excluding carboxylic acids is 1. The summed E-state index contributed by atoms with van der Waals surface area (Å²) in [6, 6.07) is 9.63. The van der Waals surface area contributed by atoms with Gasteiger partial charge in [-0.15, -0.1) is 0 Å². The fourth-order valence-electron chi connectivity index (χ4n) is 2.81. The highest BCUT2D eigenvalue weighted by Gasteiger charge is 2.33. The molecule has 24 heavy (non-hydrogen) atoms. The first-order valence-electron chi connectivity index (χ1n) is 8.35. The summed E-state index contributed by atoms with van der Waals surface area (Å²) in [5.74, 6) is -0.425. The molecule has 0 amide bonds. The predicted octanol–water partition coefficient (Wildman–Crippen LogP) is 2.05. The molecule has 2 N–H and O–H groups in total. The second kappa shape index (κ2) is 7.15. The predicted molar refractivity (Wildman–Crippen MR) is 90.0 cm³/mol. The minimum atomic E-state index is -0.598. The van der Waals surface area contributed by atoms with Crippen LogP contribution < -0.4 is 5.32 Å². The Balaban J connectivity index is 1.77. The Morgan fingerprint density at radius 1 is 1.38 bits per heavy atom. The molecule has 1 aliphatic rings. The van der Waals surface area contributed by atoms with E-state index in [-0.39, 0.29) is 0 Å². The zero-order chi connectivity index (χ0) is 17.0. The van der Waals surface area contributed by atoms with E-state index in [0.29, 0.717) is 25.4 Å². The number of rotatable bonds is 7. The van der Waals surface area contributed by atoms with E-state index in [0.717, 1.165) is 30.5 Å². The number of nitrogens with zero attached hydrogens (tertiary/aromatic N) is 2. The van der Waals surface area contributed by atoms with Crippen molar-refractivity contribution >= 4 is 5.97 Å². The van der Waals surface area contributed by atoms with Crippen molar-refractivity contribution in [1.29, 1.82) is 0 Å². The van der Waals surface area contributed by atoms with Crippen molar-refractivity contribution in [1.82, 2.24) is 15.1 Å². The van der Waals surface area contributed by atoms with E-state index in [4.69, 9.17) is 4.74 Å². The van der Waals surface area contributed by atoms with E-state index >= 15 is 0 Å². The first-order valence-corrected chi connectivity index (χ1v) is 8.35. The molecule has 0 bridgehead atoms. The number of esters is 1. The first-order chi connectivity index (χ1) is 11.6. The Morgan fingerprint density at radius 3 is 2.75 bits per heavy atom. The van der Waals surface area contributed by atoms with Crippen LogP contribution in [0.3, 0.4) is 0 Å². The number of para-hydroxylation sites is 1. The second-order valence-corrected chi connectivity index (χ2v) is 6.18. The van der Waals surface area contributed by atoms with E-state index in [2.05, 4.69) is 10.4 Å². The van der Waals surface area contributed by atoms with Gasteiger partial charge in [-0.3, -0.25) is 0 Å². The Bertz CT molecular complexity index is 693. The van der Waals surface area contributed by atoms with Gasteiger partial charge in [-0.05, 0) is 38.3 Å². The third-order valence-electron chi connectivity index (χ3n) is 4.33. The van der Waals surface area contributed by atoms with Gasteiger partial charge in [0.1, 0.15) is 0 Å². The normalized spacial score (nSPS) is 15.8. The molecule has 0 radical (unpaired) electrons. The molecule has 128 valence electrons. The van der Waals surface area contributed by atoms with Crippen molar-refractivity contribution in [3.05, 3.63) is 47.8 Å². The average molecular weight is 329 g/mol. The number of nitrogens with one attached hydrogen (secondary N) is 1. The summed E-state index contributed by atoms with van der Waals surface area (Å²) in [5, 5.41) is 17.8. The fourth-order valence-corrected chi connectivity index (χ4v) is 2.81. The molecule has 1 aromatic carbocycles. The van der Waals surface area contributed by atoms with Crippen LogP contribution >= 0.6 is 0 Å². The first kappa shape index (κ1) is 16.7. The van der Waals surface area contributed by atoms with Gasteiger partial charge < -0.3 is 15.2 Å². The van der Waals surface area contributed by atoms with Gasteiger partial charge >= 0.3 is 5.97 Å². The van der Waals surface area contributed by atoms with Crippen molar-refractivity contribution in [2.45, 2.75) is 38.3 Å². The summed E-state index contributed by atoms with van der Waals surface area (Å²) in [7, 11) is 0. The minimum Gasteiger partial charge on any atom is -0.461 e. The Hall–Kier alpha value is -2.18. The Morgan fingerprint density at radius 2 is 2.12 bits per heavy atom. The summed E-state index contributed by atoms with van der Waals surface area (Å²) in [4.78, 5) is 12.2. The standard InChI is InChI=1S/C18H23N3O3/c1-2-24-17(22)16-14(11-19-13-18(23)9-6-10-18)12-21(20-16)15-7-4-3-5-8-15/h3-5,7-8,12,19,23H,2,6,9-11,13H2,1H3. The quantitative estimate of drug-likeness (QED) is 0.760. The number of hydrogen-bond donors (Lipinski definition) is 2. The van der Waals surface area contributed by atoms with Crippen LogP contribution in [0.15, 0.2) is 36.5 Å². The van der Waals surface area contributed by atoms with E-state index in [9.17, 15) is 9.90 Å². The smallest absolute Gasteiger partial charge is 0.359 e. The third kappa shape index (κ3) is 3.66. The largest absolute Gasteiger partial charge is 0.461 e. The van der Waals surface area contributed by atoms with Crippen molar-refractivity contribution < 1.29 is 14.6 Å². The maximum absolute atomic E-state index is 12.2. The Kier molecular flexibility index (Phi) is 4.97. The van der Waals surface area contributed by atoms with Gasteiger partial charge in [0, 0.05) is 24.8 Å². The molecular formula is C18H23N3O3. The summed E-state index contributed by atoms with van der Waals surface area (Å²) in [5.41, 5.74) is 1.36. The van der Waals surface area contributed by atoms with Crippen molar-refractivity contribution in [2.24, 2.45) is 0 Å². The zero-order valence-electron chi connectivity index (χ0n) is 13.9. The number of benzene rings is 1. The molecule has 0 atom stereocenters. The molecule has 1 heterocycles. The van der Waals surface area contributed by atoms with Gasteiger partial charge in [0.15, 0.2) is 5.69 Å². The van der Waals surface area contributed by atoms with Gasteiger partial charge in [0.2, 0.25) is 0 Å². The molecule has 0 unspecified atom stereocenters. The molecule has 6 nitrogen and oxygen atoms in total. The highest BCUT2D eigenvalue weighted by atomic mass is 16.5. The van der Waals surface area contributed by atoms with Crippen LogP contribution in [0.1, 0.15) is 42.2 Å². The lowest BCUT2D eigenvalue weighted by molar-refractivity contribution is -0.0314. The second-order valence-electron chi connectivity index (χ2n) is 6.18. The van der Waals surface area contributed by atoms with Gasteiger partial charge in [0.05, 0.1) is 17.9 Å². The lowest BCUT2D eigenvalue weighted by Gasteiger charge is -2.36. The number of hydrogen-bond acceptors (Lipinski definition) is 5. The topological polar surface area (TPSA) is 76.4 Å². The van der Waals surface area contributed by atoms with Crippen molar-refractivity contribution in [2.75, 3.05) is 13.2 Å². The zero-order valence-corrected chi connectivity index (χ0v) is 13.9. The highest BCUT2D eigenvalue weighted by Crippen LogP contribution is 2.30. The van der Waals surface area contributed by atoms with Gasteiger partial charge in [-0.1, -0.05) is 18.2 Å². The SMILES string of the molecule is CCOC(=O)c1nn(-c2ccccc2)cc1CNCC1(O)CCC1. The van der Waals surface area contributed by atoms with Crippen LogP contribution in [-0.2, 0) is 11.3 Å². The molecule has 0 spiro atoms. The molecule has 1 fully saturated rings. The van der Waals surface area contributed by atoms with Crippen molar-refractivity contribution in [3.63, 3.8) is 0 Å². The molecule has 1 aliphatic carbocycles. The summed E-state index contributed by atoms with van der Waals surface area (Å²) < 4.78 is 6.79. The van der Waals surface area contributed by atoms with Crippen LogP contribution in [0.25, 0.3) is 5.69 Å². The molecule has 6 heteroatoms. The van der Waals surface area contributed by atoms with Gasteiger partial charge in [0.25, 0.3) is 0 Å². The highest BCUT2D eigenvalue weighted by molar-refractivity contribution is 5.88. The number of aromatic nitrogens is 2. The van der Waals surface area contributed by atoms with Crippen molar-refractivity contribution in [3.8, 4) is 5.69 Å².